The molecule has 0 spiro atoms. The summed E-state index contributed by atoms with van der Waals surface area (Å²) in [5, 5.41) is 1.59. The van der Waals surface area contributed by atoms with Gasteiger partial charge >= 0.3 is 0 Å². The quantitative estimate of drug-likeness (QED) is 0.663. The number of hydrazine groups is 1. The highest BCUT2D eigenvalue weighted by Crippen LogP contribution is 2.27. The maximum atomic E-state index is 6.11. The lowest BCUT2D eigenvalue weighted by molar-refractivity contribution is 0.417. The topological polar surface area (TPSA) is 51.2 Å². The molecule has 0 radical (unpaired) electrons. The van der Waals surface area contributed by atoms with Gasteiger partial charge in [-0.15, -0.1) is 0 Å². The fraction of sp³-hybridized carbons (Fsp3) is 0.167. The highest BCUT2D eigenvalue weighted by molar-refractivity contribution is 6.33. The lowest BCUT2D eigenvalue weighted by Crippen LogP contribution is -2.29. The van der Waals surface area contributed by atoms with Gasteiger partial charge in [-0.25, -0.2) is 5.43 Å². The molecule has 0 amide bonds. The van der Waals surface area contributed by atoms with Crippen LogP contribution in [0, 0.1) is 0 Å². The van der Waals surface area contributed by atoms with Crippen LogP contribution in [0.1, 0.15) is 17.4 Å². The number of benzene rings is 1. The summed E-state index contributed by atoms with van der Waals surface area (Å²) in [6.45, 7) is 0. The average molecular weight is 306 g/mol. The Labute approximate surface area is 120 Å². The Morgan fingerprint density at radius 2 is 1.94 bits per heavy atom. The Balaban J connectivity index is 2.22. The maximum Gasteiger partial charge on any atom is 0.193 e. The zero-order valence-electron chi connectivity index (χ0n) is 9.29. The third-order valence-corrected chi connectivity index (χ3v) is 3.38. The van der Waals surface area contributed by atoms with Crippen molar-refractivity contribution in [2.24, 2.45) is 5.84 Å². The van der Waals surface area contributed by atoms with Crippen LogP contribution in [0.5, 0.6) is 0 Å². The van der Waals surface area contributed by atoms with Crippen LogP contribution >= 0.6 is 34.8 Å². The Morgan fingerprint density at radius 3 is 2.56 bits per heavy atom. The van der Waals surface area contributed by atoms with Crippen molar-refractivity contribution < 1.29 is 4.42 Å². The summed E-state index contributed by atoms with van der Waals surface area (Å²) in [6, 6.07) is 8.52. The molecular formula is C12H11Cl3N2O. The Kier molecular flexibility index (Phi) is 4.54. The number of hydrogen-bond donors (Lipinski definition) is 2. The van der Waals surface area contributed by atoms with E-state index < -0.39 is 0 Å². The molecule has 0 bridgehead atoms. The van der Waals surface area contributed by atoms with E-state index in [2.05, 4.69) is 5.43 Å². The van der Waals surface area contributed by atoms with E-state index >= 15 is 0 Å². The summed E-state index contributed by atoms with van der Waals surface area (Å²) in [5.41, 5.74) is 3.56. The van der Waals surface area contributed by atoms with E-state index in [1.54, 1.807) is 30.3 Å². The summed E-state index contributed by atoms with van der Waals surface area (Å²) in [6.07, 6.45) is 0.555. The molecule has 18 heavy (non-hydrogen) atoms. The van der Waals surface area contributed by atoms with Gasteiger partial charge in [-0.1, -0.05) is 23.2 Å². The maximum absolute atomic E-state index is 6.11. The van der Waals surface area contributed by atoms with Crippen molar-refractivity contribution in [1.82, 2.24) is 5.43 Å². The van der Waals surface area contributed by atoms with E-state index in [0.29, 0.717) is 27.4 Å². The van der Waals surface area contributed by atoms with Crippen LogP contribution in [-0.4, -0.2) is 0 Å². The van der Waals surface area contributed by atoms with Gasteiger partial charge in [0.15, 0.2) is 5.22 Å². The fourth-order valence-electron chi connectivity index (χ4n) is 1.68. The number of hydrogen-bond acceptors (Lipinski definition) is 3. The predicted molar refractivity (Wildman–Crippen MR) is 73.9 cm³/mol. The lowest BCUT2D eigenvalue weighted by Gasteiger charge is -2.14. The summed E-state index contributed by atoms with van der Waals surface area (Å²) in [7, 11) is 0. The zero-order valence-corrected chi connectivity index (χ0v) is 11.6. The fourth-order valence-corrected chi connectivity index (χ4v) is 2.22. The largest absolute Gasteiger partial charge is 0.448 e. The van der Waals surface area contributed by atoms with Gasteiger partial charge in [-0.05, 0) is 53.9 Å². The summed E-state index contributed by atoms with van der Waals surface area (Å²) in [5.74, 6) is 6.17. The molecule has 0 saturated carbocycles. The number of nitrogens with two attached hydrogens (primary N) is 1. The Bertz CT molecular complexity index is 542. The SMILES string of the molecule is NNC(Cc1cc(Cl)ccc1Cl)c1ccc(Cl)o1. The van der Waals surface area contributed by atoms with Crippen molar-refractivity contribution in [1.29, 1.82) is 0 Å². The van der Waals surface area contributed by atoms with Gasteiger partial charge in [0.05, 0.1) is 6.04 Å². The normalized spacial score (nSPS) is 12.7. The van der Waals surface area contributed by atoms with Crippen LogP contribution in [0.25, 0.3) is 0 Å². The van der Waals surface area contributed by atoms with Crippen molar-refractivity contribution in [3.05, 3.63) is 56.9 Å². The molecule has 0 aliphatic rings. The molecule has 2 rings (SSSR count). The molecule has 0 fully saturated rings. The standard InChI is InChI=1S/C12H11Cl3N2O/c13-8-1-2-9(14)7(5-8)6-10(17-16)11-3-4-12(15)18-11/h1-5,10,17H,6,16H2. The van der Waals surface area contributed by atoms with Crippen LogP contribution in [0.4, 0.5) is 0 Å². The molecule has 1 aromatic heterocycles. The van der Waals surface area contributed by atoms with Crippen molar-refractivity contribution in [3.63, 3.8) is 0 Å². The smallest absolute Gasteiger partial charge is 0.193 e. The molecule has 0 saturated heterocycles. The molecule has 1 unspecified atom stereocenters. The summed E-state index contributed by atoms with van der Waals surface area (Å²) >= 11 is 17.8. The van der Waals surface area contributed by atoms with Crippen LogP contribution in [-0.2, 0) is 6.42 Å². The number of furan rings is 1. The predicted octanol–water partition coefficient (Wildman–Crippen LogP) is 3.99. The molecule has 1 aromatic carbocycles. The van der Waals surface area contributed by atoms with Crippen molar-refractivity contribution >= 4 is 34.8 Å². The molecule has 6 heteroatoms. The van der Waals surface area contributed by atoms with E-state index in [1.165, 1.54) is 0 Å². The van der Waals surface area contributed by atoms with E-state index in [9.17, 15) is 0 Å². The van der Waals surface area contributed by atoms with Gasteiger partial charge in [-0.2, -0.15) is 0 Å². The Hall–Kier alpha value is -0.710. The van der Waals surface area contributed by atoms with Crippen LogP contribution in [0.15, 0.2) is 34.7 Å². The van der Waals surface area contributed by atoms with Gasteiger partial charge in [0, 0.05) is 10.0 Å². The van der Waals surface area contributed by atoms with Gasteiger partial charge in [0.2, 0.25) is 0 Å². The second-order valence-electron chi connectivity index (χ2n) is 3.80. The number of rotatable bonds is 4. The molecule has 96 valence electrons. The van der Waals surface area contributed by atoms with Gasteiger partial charge in [0.1, 0.15) is 5.76 Å². The van der Waals surface area contributed by atoms with E-state index in [0.717, 1.165) is 5.56 Å². The van der Waals surface area contributed by atoms with E-state index in [4.69, 9.17) is 45.1 Å². The Morgan fingerprint density at radius 1 is 1.17 bits per heavy atom. The molecule has 0 aliphatic carbocycles. The van der Waals surface area contributed by atoms with E-state index in [1.807, 2.05) is 0 Å². The zero-order chi connectivity index (χ0) is 13.1. The minimum absolute atomic E-state index is 0.214. The second-order valence-corrected chi connectivity index (χ2v) is 5.02. The molecule has 1 heterocycles. The first-order chi connectivity index (χ1) is 8.60. The van der Waals surface area contributed by atoms with Gasteiger partial charge in [0.25, 0.3) is 0 Å². The minimum atomic E-state index is -0.214. The second kappa shape index (κ2) is 5.95. The third-order valence-electron chi connectivity index (χ3n) is 2.57. The summed E-state index contributed by atoms with van der Waals surface area (Å²) < 4.78 is 5.33. The minimum Gasteiger partial charge on any atom is -0.448 e. The summed E-state index contributed by atoms with van der Waals surface area (Å²) in [4.78, 5) is 0. The van der Waals surface area contributed by atoms with Crippen molar-refractivity contribution in [2.75, 3.05) is 0 Å². The lowest BCUT2D eigenvalue weighted by atomic mass is 10.0. The van der Waals surface area contributed by atoms with Crippen LogP contribution in [0.3, 0.4) is 0 Å². The van der Waals surface area contributed by atoms with Gasteiger partial charge < -0.3 is 4.42 Å². The highest BCUT2D eigenvalue weighted by Gasteiger charge is 2.16. The molecule has 0 aliphatic heterocycles. The first-order valence-corrected chi connectivity index (χ1v) is 6.39. The monoisotopic (exact) mass is 304 g/mol. The number of halogens is 3. The molecule has 1 atom stereocenters. The van der Waals surface area contributed by atoms with Crippen LogP contribution in [0.2, 0.25) is 15.3 Å². The van der Waals surface area contributed by atoms with Gasteiger partial charge in [-0.3, -0.25) is 5.84 Å². The average Bonchev–Trinajstić information content (AvgIpc) is 2.77. The first-order valence-electron chi connectivity index (χ1n) is 5.25. The first kappa shape index (κ1) is 13.7. The van der Waals surface area contributed by atoms with Crippen LogP contribution < -0.4 is 11.3 Å². The van der Waals surface area contributed by atoms with E-state index in [-0.39, 0.29) is 6.04 Å². The molecular weight excluding hydrogens is 295 g/mol. The van der Waals surface area contributed by atoms with Crippen molar-refractivity contribution in [3.8, 4) is 0 Å². The van der Waals surface area contributed by atoms with Crippen molar-refractivity contribution in [2.45, 2.75) is 12.5 Å². The molecule has 3 nitrogen and oxygen atoms in total. The molecule has 3 N–H and O–H groups in total. The molecule has 2 aromatic rings. The third kappa shape index (κ3) is 3.19. The number of nitrogens with one attached hydrogen (secondary N) is 1. The highest BCUT2D eigenvalue weighted by atomic mass is 35.5.